The molecule has 5 nitrogen and oxygen atoms in total. The molecule has 0 radical (unpaired) electrons. The molecule has 0 N–H and O–H groups in total. The maximum absolute atomic E-state index is 12.8. The lowest BCUT2D eigenvalue weighted by Crippen LogP contribution is -2.39. The molecule has 2 aromatic rings. The number of rotatable bonds is 3. The van der Waals surface area contributed by atoms with Crippen molar-refractivity contribution in [3.8, 4) is 5.75 Å². The van der Waals surface area contributed by atoms with Gasteiger partial charge < -0.3 is 9.64 Å². The molecule has 0 bridgehead atoms. The van der Waals surface area contributed by atoms with Gasteiger partial charge in [0.15, 0.2) is 0 Å². The lowest BCUT2D eigenvalue weighted by atomic mass is 9.94. The van der Waals surface area contributed by atoms with Crippen LogP contribution in [0.15, 0.2) is 36.7 Å². The van der Waals surface area contributed by atoms with E-state index in [1.807, 2.05) is 30.0 Å². The number of piperidine rings is 1. The fourth-order valence-corrected chi connectivity index (χ4v) is 3.02. The van der Waals surface area contributed by atoms with Gasteiger partial charge in [-0.05, 0) is 43.9 Å². The van der Waals surface area contributed by atoms with Gasteiger partial charge in [-0.25, -0.2) is 4.98 Å². The summed E-state index contributed by atoms with van der Waals surface area (Å²) in [4.78, 5) is 23.2. The number of aromatic nitrogens is 2. The minimum absolute atomic E-state index is 0.0509. The van der Waals surface area contributed by atoms with E-state index in [4.69, 9.17) is 4.74 Å². The first kappa shape index (κ1) is 15.5. The fourth-order valence-electron chi connectivity index (χ4n) is 3.02. The maximum Gasteiger partial charge on any atom is 0.274 e. The van der Waals surface area contributed by atoms with Gasteiger partial charge in [-0.3, -0.25) is 9.78 Å². The van der Waals surface area contributed by atoms with E-state index in [1.165, 1.54) is 0 Å². The molecule has 1 atom stereocenters. The van der Waals surface area contributed by atoms with Gasteiger partial charge >= 0.3 is 0 Å². The van der Waals surface area contributed by atoms with Gasteiger partial charge in [-0.2, -0.15) is 0 Å². The molecular formula is C18H21N3O2. The van der Waals surface area contributed by atoms with Crippen molar-refractivity contribution in [1.82, 2.24) is 14.9 Å². The van der Waals surface area contributed by atoms with E-state index in [0.29, 0.717) is 5.69 Å². The van der Waals surface area contributed by atoms with Crippen LogP contribution in [0.5, 0.6) is 5.75 Å². The number of aryl methyl sites for hydroxylation is 1. The average molecular weight is 311 g/mol. The number of methoxy groups -OCH3 is 1. The van der Waals surface area contributed by atoms with Crippen LogP contribution in [0.2, 0.25) is 0 Å². The number of carbonyl (C=O) groups is 1. The number of hydrogen-bond donors (Lipinski definition) is 0. The van der Waals surface area contributed by atoms with Crippen LogP contribution >= 0.6 is 0 Å². The third-order valence-corrected chi connectivity index (χ3v) is 4.24. The lowest BCUT2D eigenvalue weighted by Gasteiger charge is -2.36. The largest absolute Gasteiger partial charge is 0.497 e. The molecule has 1 fully saturated rings. The van der Waals surface area contributed by atoms with Crippen molar-refractivity contribution < 1.29 is 9.53 Å². The summed E-state index contributed by atoms with van der Waals surface area (Å²) in [5.74, 6) is 0.764. The minimum atomic E-state index is -0.0509. The molecule has 1 aliphatic rings. The second-order valence-corrected chi connectivity index (χ2v) is 5.83. The number of hydrogen-bond acceptors (Lipinski definition) is 4. The summed E-state index contributed by atoms with van der Waals surface area (Å²) in [5.41, 5.74) is 2.33. The van der Waals surface area contributed by atoms with Gasteiger partial charge in [0.25, 0.3) is 5.91 Å². The standard InChI is InChI=1S/C18H21N3O2/c1-13-11-20-16(12-19-13)18(22)21-9-4-3-8-17(21)14-6-5-7-15(10-14)23-2/h5-7,10-12,17H,3-4,8-9H2,1-2H3/t17-/m1/s1. The Kier molecular flexibility index (Phi) is 4.55. The second-order valence-electron chi connectivity index (χ2n) is 5.83. The monoisotopic (exact) mass is 311 g/mol. The zero-order valence-electron chi connectivity index (χ0n) is 13.5. The van der Waals surface area contributed by atoms with Crippen LogP contribution in [0.3, 0.4) is 0 Å². The van der Waals surface area contributed by atoms with E-state index in [1.54, 1.807) is 19.5 Å². The summed E-state index contributed by atoms with van der Waals surface area (Å²) < 4.78 is 5.31. The Labute approximate surface area is 136 Å². The molecule has 120 valence electrons. The van der Waals surface area contributed by atoms with E-state index in [-0.39, 0.29) is 11.9 Å². The zero-order chi connectivity index (χ0) is 16.2. The van der Waals surface area contributed by atoms with Gasteiger partial charge in [-0.15, -0.1) is 0 Å². The van der Waals surface area contributed by atoms with Crippen LogP contribution < -0.4 is 4.74 Å². The molecule has 5 heteroatoms. The molecule has 1 aliphatic heterocycles. The first-order valence-corrected chi connectivity index (χ1v) is 7.92. The van der Waals surface area contributed by atoms with Gasteiger partial charge in [-0.1, -0.05) is 12.1 Å². The predicted molar refractivity (Wildman–Crippen MR) is 87.4 cm³/mol. The molecule has 1 aromatic heterocycles. The molecule has 0 saturated carbocycles. The van der Waals surface area contributed by atoms with Crippen molar-refractivity contribution in [3.05, 3.63) is 53.6 Å². The third kappa shape index (κ3) is 3.33. The quantitative estimate of drug-likeness (QED) is 0.873. The Hall–Kier alpha value is -2.43. The van der Waals surface area contributed by atoms with Crippen molar-refractivity contribution in [3.63, 3.8) is 0 Å². The summed E-state index contributed by atoms with van der Waals surface area (Å²) in [6.07, 6.45) is 6.29. The number of ether oxygens (including phenoxy) is 1. The molecule has 1 aromatic carbocycles. The summed E-state index contributed by atoms with van der Waals surface area (Å²) in [7, 11) is 1.66. The normalized spacial score (nSPS) is 17.8. The summed E-state index contributed by atoms with van der Waals surface area (Å²) in [6, 6.07) is 8.02. The van der Waals surface area contributed by atoms with Crippen molar-refractivity contribution in [2.45, 2.75) is 32.2 Å². The number of benzene rings is 1. The summed E-state index contributed by atoms with van der Waals surface area (Å²) >= 11 is 0. The fraction of sp³-hybridized carbons (Fsp3) is 0.389. The topological polar surface area (TPSA) is 55.3 Å². The average Bonchev–Trinajstić information content (AvgIpc) is 2.62. The van der Waals surface area contributed by atoms with Crippen LogP contribution in [0, 0.1) is 6.92 Å². The molecular weight excluding hydrogens is 290 g/mol. The van der Waals surface area contributed by atoms with E-state index >= 15 is 0 Å². The highest BCUT2D eigenvalue weighted by Crippen LogP contribution is 2.33. The smallest absolute Gasteiger partial charge is 0.274 e. The highest BCUT2D eigenvalue weighted by atomic mass is 16.5. The van der Waals surface area contributed by atoms with Crippen LogP contribution in [-0.2, 0) is 0 Å². The SMILES string of the molecule is COc1cccc([C@H]2CCCCN2C(=O)c2cnc(C)cn2)c1. The van der Waals surface area contributed by atoms with Crippen molar-refractivity contribution >= 4 is 5.91 Å². The Morgan fingerprint density at radius 3 is 2.87 bits per heavy atom. The highest BCUT2D eigenvalue weighted by molar-refractivity contribution is 5.92. The summed E-state index contributed by atoms with van der Waals surface area (Å²) in [5, 5.41) is 0. The lowest BCUT2D eigenvalue weighted by molar-refractivity contribution is 0.0604. The van der Waals surface area contributed by atoms with Crippen LogP contribution in [-0.4, -0.2) is 34.4 Å². The van der Waals surface area contributed by atoms with Crippen molar-refractivity contribution in [1.29, 1.82) is 0 Å². The number of nitrogens with zero attached hydrogens (tertiary/aromatic N) is 3. The maximum atomic E-state index is 12.8. The predicted octanol–water partition coefficient (Wildman–Crippen LogP) is 3.16. The Balaban J connectivity index is 1.88. The molecule has 3 rings (SSSR count). The zero-order valence-corrected chi connectivity index (χ0v) is 13.5. The number of likely N-dealkylation sites (tertiary alicyclic amines) is 1. The van der Waals surface area contributed by atoms with Crippen LogP contribution in [0.25, 0.3) is 0 Å². The van der Waals surface area contributed by atoms with Gasteiger partial charge in [0.1, 0.15) is 11.4 Å². The van der Waals surface area contributed by atoms with Gasteiger partial charge in [0, 0.05) is 12.7 Å². The molecule has 0 unspecified atom stereocenters. The Morgan fingerprint density at radius 1 is 1.26 bits per heavy atom. The van der Waals surface area contributed by atoms with Crippen LogP contribution in [0.4, 0.5) is 0 Å². The molecule has 23 heavy (non-hydrogen) atoms. The number of amides is 1. The summed E-state index contributed by atoms with van der Waals surface area (Å²) in [6.45, 7) is 2.61. The third-order valence-electron chi connectivity index (χ3n) is 4.24. The molecule has 1 saturated heterocycles. The minimum Gasteiger partial charge on any atom is -0.497 e. The Bertz CT molecular complexity index is 685. The van der Waals surface area contributed by atoms with Crippen LogP contribution in [0.1, 0.15) is 47.1 Å². The molecule has 2 heterocycles. The van der Waals surface area contributed by atoms with E-state index in [2.05, 4.69) is 16.0 Å². The second kappa shape index (κ2) is 6.77. The van der Waals surface area contributed by atoms with E-state index in [9.17, 15) is 4.79 Å². The molecule has 1 amide bonds. The first-order chi connectivity index (χ1) is 11.2. The number of carbonyl (C=O) groups excluding carboxylic acids is 1. The molecule has 0 spiro atoms. The Morgan fingerprint density at radius 2 is 2.13 bits per heavy atom. The molecule has 0 aliphatic carbocycles. The van der Waals surface area contributed by atoms with Gasteiger partial charge in [0.2, 0.25) is 0 Å². The van der Waals surface area contributed by atoms with Crippen molar-refractivity contribution in [2.75, 3.05) is 13.7 Å². The highest BCUT2D eigenvalue weighted by Gasteiger charge is 2.29. The van der Waals surface area contributed by atoms with Crippen molar-refractivity contribution in [2.24, 2.45) is 0 Å². The van der Waals surface area contributed by atoms with Gasteiger partial charge in [0.05, 0.1) is 25.0 Å². The first-order valence-electron chi connectivity index (χ1n) is 7.92. The van der Waals surface area contributed by atoms with E-state index in [0.717, 1.165) is 42.8 Å². The van der Waals surface area contributed by atoms with E-state index < -0.39 is 0 Å².